The number of ether oxygens (including phenoxy) is 1. The molecule has 1 aromatic rings. The standard InChI is InChI=1S/C9H8ClF3N2O/c10-8(11)9(12,13)16-7-3-1-6(2-4-7)5-15-14/h1-5,8H,14H2. The highest BCUT2D eigenvalue weighted by molar-refractivity contribution is 6.20. The van der Waals surface area contributed by atoms with Crippen molar-refractivity contribution in [3.05, 3.63) is 29.8 Å². The fourth-order valence-corrected chi connectivity index (χ4v) is 0.954. The van der Waals surface area contributed by atoms with Gasteiger partial charge in [-0.1, -0.05) is 11.6 Å². The predicted molar refractivity (Wildman–Crippen MR) is 54.5 cm³/mol. The Kier molecular flexibility index (Phi) is 4.00. The van der Waals surface area contributed by atoms with E-state index in [4.69, 9.17) is 5.84 Å². The third-order valence-corrected chi connectivity index (χ3v) is 1.87. The summed E-state index contributed by atoms with van der Waals surface area (Å²) in [5.41, 5.74) is -2.31. The van der Waals surface area contributed by atoms with Crippen LogP contribution in [0.5, 0.6) is 5.75 Å². The molecular formula is C9H8ClF3N2O. The summed E-state index contributed by atoms with van der Waals surface area (Å²) in [4.78, 5) is 0. The number of hydrogen-bond donors (Lipinski definition) is 1. The molecule has 0 aliphatic rings. The number of nitrogens with two attached hydrogens (primary N) is 1. The van der Waals surface area contributed by atoms with Gasteiger partial charge in [-0.15, -0.1) is 0 Å². The van der Waals surface area contributed by atoms with Gasteiger partial charge in [-0.05, 0) is 29.8 Å². The summed E-state index contributed by atoms with van der Waals surface area (Å²) >= 11 is 4.62. The van der Waals surface area contributed by atoms with Gasteiger partial charge in [0.1, 0.15) is 5.75 Å². The molecule has 1 unspecified atom stereocenters. The number of rotatable bonds is 4. The Morgan fingerprint density at radius 1 is 1.38 bits per heavy atom. The lowest BCUT2D eigenvalue weighted by molar-refractivity contribution is -0.199. The van der Waals surface area contributed by atoms with Crippen LogP contribution in [0, 0.1) is 0 Å². The summed E-state index contributed by atoms with van der Waals surface area (Å²) in [5.74, 6) is 4.69. The normalized spacial score (nSPS) is 14.0. The van der Waals surface area contributed by atoms with E-state index in [1.165, 1.54) is 30.5 Å². The second-order valence-electron chi connectivity index (χ2n) is 2.81. The minimum Gasteiger partial charge on any atom is -0.429 e. The number of halogens is 4. The molecule has 0 aliphatic carbocycles. The van der Waals surface area contributed by atoms with Crippen molar-refractivity contribution in [3.8, 4) is 5.75 Å². The van der Waals surface area contributed by atoms with E-state index in [2.05, 4.69) is 21.4 Å². The summed E-state index contributed by atoms with van der Waals surface area (Å²) in [5, 5.41) is 3.24. The molecule has 0 fully saturated rings. The molecule has 0 amide bonds. The second-order valence-corrected chi connectivity index (χ2v) is 3.19. The van der Waals surface area contributed by atoms with Crippen molar-refractivity contribution in [1.29, 1.82) is 0 Å². The van der Waals surface area contributed by atoms with Crippen LogP contribution in [0.15, 0.2) is 29.4 Å². The molecule has 1 atom stereocenters. The average Bonchev–Trinajstić information content (AvgIpc) is 2.21. The minimum atomic E-state index is -4.06. The van der Waals surface area contributed by atoms with Gasteiger partial charge < -0.3 is 10.6 Å². The number of nitrogens with zero attached hydrogens (tertiary/aromatic N) is 1. The van der Waals surface area contributed by atoms with Crippen LogP contribution in [-0.2, 0) is 0 Å². The zero-order valence-corrected chi connectivity index (χ0v) is 8.66. The topological polar surface area (TPSA) is 47.6 Å². The van der Waals surface area contributed by atoms with Crippen molar-refractivity contribution in [2.45, 2.75) is 11.7 Å². The molecule has 7 heteroatoms. The summed E-state index contributed by atoms with van der Waals surface area (Å²) in [6.45, 7) is 0. The molecule has 1 rings (SSSR count). The molecular weight excluding hydrogens is 245 g/mol. The Labute approximate surface area is 94.6 Å². The second kappa shape index (κ2) is 5.07. The maximum atomic E-state index is 12.7. The highest BCUT2D eigenvalue weighted by Crippen LogP contribution is 2.28. The number of hydrogen-bond acceptors (Lipinski definition) is 3. The van der Waals surface area contributed by atoms with E-state index in [1.807, 2.05) is 0 Å². The van der Waals surface area contributed by atoms with E-state index in [9.17, 15) is 13.2 Å². The van der Waals surface area contributed by atoms with Gasteiger partial charge in [0.2, 0.25) is 0 Å². The summed E-state index contributed by atoms with van der Waals surface area (Å²) in [6.07, 6.45) is -2.74. The average molecular weight is 253 g/mol. The van der Waals surface area contributed by atoms with Gasteiger partial charge in [0.25, 0.3) is 5.63 Å². The maximum absolute atomic E-state index is 12.7. The number of alkyl halides is 4. The molecule has 0 heterocycles. The van der Waals surface area contributed by atoms with Crippen molar-refractivity contribution < 1.29 is 17.9 Å². The van der Waals surface area contributed by atoms with Crippen molar-refractivity contribution in [1.82, 2.24) is 0 Å². The number of hydrazone groups is 1. The minimum absolute atomic E-state index is 0.206. The molecule has 0 spiro atoms. The SMILES string of the molecule is NN=Cc1ccc(OC(F)(F)C(F)Cl)cc1. The smallest absolute Gasteiger partial charge is 0.429 e. The third-order valence-electron chi connectivity index (χ3n) is 1.61. The Morgan fingerprint density at radius 3 is 2.38 bits per heavy atom. The lowest BCUT2D eigenvalue weighted by Crippen LogP contribution is -2.32. The predicted octanol–water partition coefficient (Wildman–Crippen LogP) is 2.49. The van der Waals surface area contributed by atoms with Gasteiger partial charge in [0.15, 0.2) is 0 Å². The Bertz CT molecular complexity index is 368. The largest absolute Gasteiger partial charge is 0.444 e. The van der Waals surface area contributed by atoms with E-state index in [-0.39, 0.29) is 5.75 Å². The molecule has 3 nitrogen and oxygen atoms in total. The number of benzene rings is 1. The van der Waals surface area contributed by atoms with Gasteiger partial charge in [-0.2, -0.15) is 13.9 Å². The molecule has 0 radical (unpaired) electrons. The molecule has 16 heavy (non-hydrogen) atoms. The Hall–Kier alpha value is -1.43. The van der Waals surface area contributed by atoms with Crippen LogP contribution in [0.25, 0.3) is 0 Å². The van der Waals surface area contributed by atoms with E-state index >= 15 is 0 Å². The van der Waals surface area contributed by atoms with Crippen LogP contribution in [0.3, 0.4) is 0 Å². The zero-order valence-electron chi connectivity index (χ0n) is 7.91. The van der Waals surface area contributed by atoms with Crippen molar-refractivity contribution >= 4 is 17.8 Å². The first-order chi connectivity index (χ1) is 7.45. The quantitative estimate of drug-likeness (QED) is 0.387. The molecule has 0 saturated carbocycles. The van der Waals surface area contributed by atoms with Crippen LogP contribution < -0.4 is 10.6 Å². The molecule has 0 aliphatic heterocycles. The summed E-state index contributed by atoms with van der Waals surface area (Å²) < 4.78 is 41.7. The Morgan fingerprint density at radius 2 is 1.94 bits per heavy atom. The van der Waals surface area contributed by atoms with Gasteiger partial charge in [-0.25, -0.2) is 4.39 Å². The van der Waals surface area contributed by atoms with Crippen LogP contribution >= 0.6 is 11.6 Å². The van der Waals surface area contributed by atoms with Crippen LogP contribution in [0.2, 0.25) is 0 Å². The molecule has 1 aromatic carbocycles. The molecule has 0 saturated heterocycles. The Balaban J connectivity index is 2.76. The maximum Gasteiger partial charge on any atom is 0.444 e. The highest BCUT2D eigenvalue weighted by atomic mass is 35.5. The van der Waals surface area contributed by atoms with Crippen LogP contribution in [-0.4, -0.2) is 18.0 Å². The van der Waals surface area contributed by atoms with Crippen molar-refractivity contribution in [3.63, 3.8) is 0 Å². The molecule has 88 valence electrons. The van der Waals surface area contributed by atoms with Crippen LogP contribution in [0.4, 0.5) is 13.2 Å². The third kappa shape index (κ3) is 3.30. The van der Waals surface area contributed by atoms with Crippen molar-refractivity contribution in [2.75, 3.05) is 0 Å². The molecule has 2 N–H and O–H groups in total. The monoisotopic (exact) mass is 252 g/mol. The van der Waals surface area contributed by atoms with Gasteiger partial charge >= 0.3 is 6.11 Å². The molecule has 0 bridgehead atoms. The van der Waals surface area contributed by atoms with Crippen LogP contribution in [0.1, 0.15) is 5.56 Å². The van der Waals surface area contributed by atoms with E-state index < -0.39 is 11.7 Å². The van der Waals surface area contributed by atoms with E-state index in [1.54, 1.807) is 0 Å². The highest BCUT2D eigenvalue weighted by Gasteiger charge is 2.42. The fraction of sp³-hybridized carbons (Fsp3) is 0.222. The lowest BCUT2D eigenvalue weighted by Gasteiger charge is -2.17. The first-order valence-corrected chi connectivity index (χ1v) is 4.57. The summed E-state index contributed by atoms with van der Waals surface area (Å²) in [6, 6.07) is 5.32. The van der Waals surface area contributed by atoms with Gasteiger partial charge in [0.05, 0.1) is 6.21 Å². The fourth-order valence-electron chi connectivity index (χ4n) is 0.910. The van der Waals surface area contributed by atoms with Crippen molar-refractivity contribution in [2.24, 2.45) is 10.9 Å². The lowest BCUT2D eigenvalue weighted by atomic mass is 10.2. The van der Waals surface area contributed by atoms with Gasteiger partial charge in [-0.3, -0.25) is 0 Å². The zero-order chi connectivity index (χ0) is 12.2. The first kappa shape index (κ1) is 12.6. The van der Waals surface area contributed by atoms with E-state index in [0.29, 0.717) is 5.56 Å². The van der Waals surface area contributed by atoms with E-state index in [0.717, 1.165) is 0 Å². The first-order valence-electron chi connectivity index (χ1n) is 4.14. The van der Waals surface area contributed by atoms with Gasteiger partial charge in [0, 0.05) is 0 Å². The summed E-state index contributed by atoms with van der Waals surface area (Å²) in [7, 11) is 0. The molecule has 0 aromatic heterocycles.